The summed E-state index contributed by atoms with van der Waals surface area (Å²) in [6.45, 7) is 4.57. The molecule has 0 aromatic rings. The lowest BCUT2D eigenvalue weighted by Gasteiger charge is -2.30. The molecule has 0 aromatic heterocycles. The minimum atomic E-state index is 0.409. The molecular formula is C14H30N2. The van der Waals surface area contributed by atoms with Crippen LogP contribution in [0.15, 0.2) is 0 Å². The first-order chi connectivity index (χ1) is 7.74. The zero-order valence-corrected chi connectivity index (χ0v) is 11.3. The standard InChI is InChI=1S/C14H30N2/c1-3-4-8-11-16(2)12-14(15)13-9-6-5-7-10-13/h13-14H,3-12,15H2,1-2H3. The van der Waals surface area contributed by atoms with Crippen molar-refractivity contribution in [1.82, 2.24) is 4.90 Å². The maximum absolute atomic E-state index is 6.31. The van der Waals surface area contributed by atoms with E-state index in [1.807, 2.05) is 0 Å². The molecule has 1 atom stereocenters. The van der Waals surface area contributed by atoms with E-state index in [-0.39, 0.29) is 0 Å². The van der Waals surface area contributed by atoms with Crippen molar-refractivity contribution in [3.63, 3.8) is 0 Å². The molecule has 0 aromatic carbocycles. The Kier molecular flexibility index (Phi) is 7.06. The van der Waals surface area contributed by atoms with Crippen LogP contribution in [0.4, 0.5) is 0 Å². The Hall–Kier alpha value is -0.0800. The lowest BCUT2D eigenvalue weighted by atomic mass is 9.84. The van der Waals surface area contributed by atoms with Crippen molar-refractivity contribution in [1.29, 1.82) is 0 Å². The molecule has 0 heterocycles. The van der Waals surface area contributed by atoms with Crippen molar-refractivity contribution in [2.75, 3.05) is 20.1 Å². The van der Waals surface area contributed by atoms with Gasteiger partial charge in [0, 0.05) is 12.6 Å². The first-order valence-electron chi connectivity index (χ1n) is 7.18. The van der Waals surface area contributed by atoms with Crippen molar-refractivity contribution in [3.8, 4) is 0 Å². The van der Waals surface area contributed by atoms with Crippen LogP contribution in [0.1, 0.15) is 58.3 Å². The van der Waals surface area contributed by atoms with Gasteiger partial charge in [-0.25, -0.2) is 0 Å². The predicted octanol–water partition coefficient (Wildman–Crippen LogP) is 3.02. The van der Waals surface area contributed by atoms with Crippen molar-refractivity contribution in [2.24, 2.45) is 11.7 Å². The van der Waals surface area contributed by atoms with Crippen LogP contribution >= 0.6 is 0 Å². The Morgan fingerprint density at radius 1 is 1.19 bits per heavy atom. The van der Waals surface area contributed by atoms with E-state index in [4.69, 9.17) is 5.73 Å². The SMILES string of the molecule is CCCCCN(C)CC(N)C1CCCCC1. The predicted molar refractivity (Wildman–Crippen MR) is 71.6 cm³/mol. The molecule has 1 unspecified atom stereocenters. The normalized spacial score (nSPS) is 20.2. The molecular weight excluding hydrogens is 196 g/mol. The number of hydrogen-bond donors (Lipinski definition) is 1. The number of unbranched alkanes of at least 4 members (excludes halogenated alkanes) is 2. The van der Waals surface area contributed by atoms with E-state index >= 15 is 0 Å². The Labute approximate surface area is 102 Å². The largest absolute Gasteiger partial charge is 0.326 e. The summed E-state index contributed by atoms with van der Waals surface area (Å²) in [6, 6.07) is 0.409. The third-order valence-corrected chi connectivity index (χ3v) is 3.92. The van der Waals surface area contributed by atoms with E-state index in [1.165, 1.54) is 57.9 Å². The molecule has 0 amide bonds. The Balaban J connectivity index is 2.13. The molecule has 2 heteroatoms. The molecule has 16 heavy (non-hydrogen) atoms. The highest BCUT2D eigenvalue weighted by molar-refractivity contribution is 4.78. The second-order valence-corrected chi connectivity index (χ2v) is 5.53. The molecule has 2 nitrogen and oxygen atoms in total. The van der Waals surface area contributed by atoms with Gasteiger partial charge >= 0.3 is 0 Å². The van der Waals surface area contributed by atoms with Gasteiger partial charge in [-0.3, -0.25) is 0 Å². The van der Waals surface area contributed by atoms with Gasteiger partial charge in [0.05, 0.1) is 0 Å². The molecule has 1 rings (SSSR count). The summed E-state index contributed by atoms with van der Waals surface area (Å²) in [4.78, 5) is 2.43. The summed E-state index contributed by atoms with van der Waals surface area (Å²) in [6.07, 6.45) is 10.9. The van der Waals surface area contributed by atoms with Gasteiger partial charge in [0.15, 0.2) is 0 Å². The molecule has 0 saturated heterocycles. The smallest absolute Gasteiger partial charge is 0.0196 e. The van der Waals surface area contributed by atoms with Gasteiger partial charge in [0.25, 0.3) is 0 Å². The van der Waals surface area contributed by atoms with Crippen LogP contribution in [0.3, 0.4) is 0 Å². The first-order valence-corrected chi connectivity index (χ1v) is 7.18. The molecule has 0 aliphatic heterocycles. The molecule has 96 valence electrons. The van der Waals surface area contributed by atoms with Gasteiger partial charge in [0.2, 0.25) is 0 Å². The Morgan fingerprint density at radius 3 is 2.50 bits per heavy atom. The topological polar surface area (TPSA) is 29.3 Å². The summed E-state index contributed by atoms with van der Waals surface area (Å²) in [7, 11) is 2.22. The molecule has 1 saturated carbocycles. The van der Waals surface area contributed by atoms with Gasteiger partial charge in [-0.2, -0.15) is 0 Å². The fourth-order valence-electron chi connectivity index (χ4n) is 2.79. The Bertz CT molecular complexity index is 164. The molecule has 0 spiro atoms. The molecule has 0 radical (unpaired) electrons. The average molecular weight is 226 g/mol. The molecule has 1 aliphatic carbocycles. The maximum atomic E-state index is 6.31. The Morgan fingerprint density at radius 2 is 1.88 bits per heavy atom. The quantitative estimate of drug-likeness (QED) is 0.676. The van der Waals surface area contributed by atoms with Crippen LogP contribution in [0.5, 0.6) is 0 Å². The van der Waals surface area contributed by atoms with Crippen molar-refractivity contribution in [2.45, 2.75) is 64.3 Å². The first kappa shape index (κ1) is 14.0. The number of likely N-dealkylation sites (N-methyl/N-ethyl adjacent to an activating group) is 1. The zero-order chi connectivity index (χ0) is 11.8. The monoisotopic (exact) mass is 226 g/mol. The lowest BCUT2D eigenvalue weighted by Crippen LogP contribution is -2.41. The number of rotatable bonds is 7. The number of nitrogens with two attached hydrogens (primary N) is 1. The van der Waals surface area contributed by atoms with Crippen LogP contribution < -0.4 is 5.73 Å². The summed E-state index contributed by atoms with van der Waals surface area (Å²) >= 11 is 0. The highest BCUT2D eigenvalue weighted by atomic mass is 15.1. The van der Waals surface area contributed by atoms with Crippen LogP contribution in [0.25, 0.3) is 0 Å². The van der Waals surface area contributed by atoms with Crippen molar-refractivity contribution in [3.05, 3.63) is 0 Å². The van der Waals surface area contributed by atoms with E-state index in [2.05, 4.69) is 18.9 Å². The van der Waals surface area contributed by atoms with E-state index in [9.17, 15) is 0 Å². The van der Waals surface area contributed by atoms with Gasteiger partial charge in [-0.05, 0) is 38.8 Å². The van der Waals surface area contributed by atoms with Crippen LogP contribution in [0, 0.1) is 5.92 Å². The number of hydrogen-bond acceptors (Lipinski definition) is 2. The fourth-order valence-corrected chi connectivity index (χ4v) is 2.79. The highest BCUT2D eigenvalue weighted by Crippen LogP contribution is 2.25. The molecule has 1 aliphatic rings. The van der Waals surface area contributed by atoms with Gasteiger partial charge in [0.1, 0.15) is 0 Å². The average Bonchev–Trinajstić information content (AvgIpc) is 2.30. The minimum absolute atomic E-state index is 0.409. The summed E-state index contributed by atoms with van der Waals surface area (Å²) in [5.41, 5.74) is 6.31. The fraction of sp³-hybridized carbons (Fsp3) is 1.00. The minimum Gasteiger partial charge on any atom is -0.326 e. The lowest BCUT2D eigenvalue weighted by molar-refractivity contribution is 0.231. The second-order valence-electron chi connectivity index (χ2n) is 5.53. The molecule has 0 bridgehead atoms. The van der Waals surface area contributed by atoms with Gasteiger partial charge in [-0.15, -0.1) is 0 Å². The summed E-state index contributed by atoms with van der Waals surface area (Å²) < 4.78 is 0. The van der Waals surface area contributed by atoms with Crippen molar-refractivity contribution >= 4 is 0 Å². The van der Waals surface area contributed by atoms with E-state index in [0.29, 0.717) is 6.04 Å². The van der Waals surface area contributed by atoms with Gasteiger partial charge in [-0.1, -0.05) is 39.0 Å². The maximum Gasteiger partial charge on any atom is 0.0196 e. The highest BCUT2D eigenvalue weighted by Gasteiger charge is 2.21. The van der Waals surface area contributed by atoms with Gasteiger partial charge < -0.3 is 10.6 Å². The number of nitrogens with zero attached hydrogens (tertiary/aromatic N) is 1. The third-order valence-electron chi connectivity index (χ3n) is 3.92. The second kappa shape index (κ2) is 8.08. The summed E-state index contributed by atoms with van der Waals surface area (Å²) in [5.74, 6) is 0.794. The van der Waals surface area contributed by atoms with E-state index in [0.717, 1.165) is 12.5 Å². The van der Waals surface area contributed by atoms with E-state index in [1.54, 1.807) is 0 Å². The summed E-state index contributed by atoms with van der Waals surface area (Å²) in [5, 5.41) is 0. The van der Waals surface area contributed by atoms with E-state index < -0.39 is 0 Å². The molecule has 2 N–H and O–H groups in total. The third kappa shape index (κ3) is 5.31. The zero-order valence-electron chi connectivity index (χ0n) is 11.3. The van der Waals surface area contributed by atoms with Crippen LogP contribution in [-0.4, -0.2) is 31.1 Å². The van der Waals surface area contributed by atoms with Crippen LogP contribution in [-0.2, 0) is 0 Å². The van der Waals surface area contributed by atoms with Crippen molar-refractivity contribution < 1.29 is 0 Å². The molecule has 1 fully saturated rings. The van der Waals surface area contributed by atoms with Crippen LogP contribution in [0.2, 0.25) is 0 Å².